The minimum absolute atomic E-state index is 0.0177. The number of benzene rings is 1. The van der Waals surface area contributed by atoms with Gasteiger partial charge in [0.25, 0.3) is 0 Å². The lowest BCUT2D eigenvalue weighted by Crippen LogP contribution is -2.48. The minimum Gasteiger partial charge on any atom is -0.463 e. The molecule has 0 aliphatic carbocycles. The fourth-order valence-electron chi connectivity index (χ4n) is 3.14. The standard InChI is InChI=1S/C27H38N2O8/c1-3-5-7-13-25(32)36-20-23(27(34)37-19-21-11-8-6-9-12-21)29-26(33)22(10-4-2)18-24(31)28-14-16-35-17-15-30/h3-4,6,8-9,11-12,22-23,30H,1-2,5,7,10,13-20H2,(H,28,31)(H,29,33)/t22-,23-/m1/s1. The second-order valence-corrected chi connectivity index (χ2v) is 8.13. The van der Waals surface area contributed by atoms with Gasteiger partial charge in [-0.3, -0.25) is 14.4 Å². The topological polar surface area (TPSA) is 140 Å². The molecule has 0 fully saturated rings. The molecule has 0 aliphatic heterocycles. The van der Waals surface area contributed by atoms with Gasteiger partial charge in [0.15, 0.2) is 6.04 Å². The van der Waals surface area contributed by atoms with Crippen molar-refractivity contribution in [1.82, 2.24) is 10.6 Å². The summed E-state index contributed by atoms with van der Waals surface area (Å²) in [5, 5.41) is 13.9. The third kappa shape index (κ3) is 14.6. The quantitative estimate of drug-likeness (QED) is 0.135. The second kappa shape index (κ2) is 19.7. The third-order valence-corrected chi connectivity index (χ3v) is 5.08. The van der Waals surface area contributed by atoms with Crippen molar-refractivity contribution < 1.29 is 38.5 Å². The molecule has 2 amide bonds. The Morgan fingerprint density at radius 3 is 2.46 bits per heavy atom. The average molecular weight is 519 g/mol. The number of aliphatic hydroxyl groups is 1. The molecule has 10 heteroatoms. The molecular weight excluding hydrogens is 480 g/mol. The highest BCUT2D eigenvalue weighted by atomic mass is 16.6. The number of allylic oxidation sites excluding steroid dienone is 2. The number of unbranched alkanes of at least 4 members (excludes halogenated alkanes) is 1. The first-order valence-corrected chi connectivity index (χ1v) is 12.2. The number of aliphatic hydroxyl groups excluding tert-OH is 1. The number of rotatable bonds is 20. The lowest BCUT2D eigenvalue weighted by Gasteiger charge is -2.21. The number of nitrogens with one attached hydrogen (secondary N) is 2. The largest absolute Gasteiger partial charge is 0.463 e. The highest BCUT2D eigenvalue weighted by Crippen LogP contribution is 2.11. The Bertz CT molecular complexity index is 859. The Morgan fingerprint density at radius 2 is 1.78 bits per heavy atom. The first-order valence-electron chi connectivity index (χ1n) is 12.2. The van der Waals surface area contributed by atoms with Crippen molar-refractivity contribution in [3.8, 4) is 0 Å². The third-order valence-electron chi connectivity index (χ3n) is 5.08. The lowest BCUT2D eigenvalue weighted by atomic mass is 9.99. The summed E-state index contributed by atoms with van der Waals surface area (Å²) in [6.07, 6.45) is 4.58. The van der Waals surface area contributed by atoms with Gasteiger partial charge in [-0.1, -0.05) is 42.5 Å². The molecule has 3 N–H and O–H groups in total. The number of hydrogen-bond donors (Lipinski definition) is 3. The van der Waals surface area contributed by atoms with E-state index in [1.54, 1.807) is 30.3 Å². The maximum atomic E-state index is 13.0. The summed E-state index contributed by atoms with van der Waals surface area (Å²) in [4.78, 5) is 50.1. The van der Waals surface area contributed by atoms with Crippen molar-refractivity contribution in [3.05, 3.63) is 61.2 Å². The van der Waals surface area contributed by atoms with Crippen molar-refractivity contribution in [3.63, 3.8) is 0 Å². The maximum Gasteiger partial charge on any atom is 0.332 e. The van der Waals surface area contributed by atoms with E-state index in [0.717, 1.165) is 5.56 Å². The molecule has 0 unspecified atom stereocenters. The summed E-state index contributed by atoms with van der Waals surface area (Å²) in [6, 6.07) is 7.76. The van der Waals surface area contributed by atoms with Crippen molar-refractivity contribution >= 4 is 23.8 Å². The number of carbonyl (C=O) groups excluding carboxylic acids is 4. The summed E-state index contributed by atoms with van der Waals surface area (Å²) < 4.78 is 15.6. The molecule has 2 atom stereocenters. The molecule has 0 saturated heterocycles. The van der Waals surface area contributed by atoms with Gasteiger partial charge in [0.05, 0.1) is 25.7 Å². The van der Waals surface area contributed by atoms with Crippen LogP contribution in [-0.4, -0.2) is 67.9 Å². The van der Waals surface area contributed by atoms with Crippen LogP contribution >= 0.6 is 0 Å². The van der Waals surface area contributed by atoms with E-state index in [-0.39, 0.29) is 58.1 Å². The number of amides is 2. The van der Waals surface area contributed by atoms with Crippen LogP contribution in [0.2, 0.25) is 0 Å². The first kappa shape index (κ1) is 31.5. The maximum absolute atomic E-state index is 13.0. The fourth-order valence-corrected chi connectivity index (χ4v) is 3.14. The Hall–Kier alpha value is -3.50. The monoisotopic (exact) mass is 518 g/mol. The van der Waals surface area contributed by atoms with Gasteiger partial charge >= 0.3 is 11.9 Å². The van der Waals surface area contributed by atoms with Crippen LogP contribution in [0.4, 0.5) is 0 Å². The molecule has 204 valence electrons. The Labute approximate surface area is 218 Å². The van der Waals surface area contributed by atoms with Crippen LogP contribution in [0.25, 0.3) is 0 Å². The van der Waals surface area contributed by atoms with Gasteiger partial charge < -0.3 is 30.0 Å². The van der Waals surface area contributed by atoms with E-state index in [4.69, 9.17) is 19.3 Å². The van der Waals surface area contributed by atoms with Crippen LogP contribution < -0.4 is 10.6 Å². The predicted octanol–water partition coefficient (Wildman–Crippen LogP) is 1.82. The molecule has 0 aromatic heterocycles. The normalized spacial score (nSPS) is 12.0. The molecule has 1 aromatic carbocycles. The molecule has 0 saturated carbocycles. The van der Waals surface area contributed by atoms with E-state index >= 15 is 0 Å². The Morgan fingerprint density at radius 1 is 1.03 bits per heavy atom. The molecule has 0 radical (unpaired) electrons. The average Bonchev–Trinajstić information content (AvgIpc) is 2.89. The van der Waals surface area contributed by atoms with Crippen molar-refractivity contribution in [1.29, 1.82) is 0 Å². The highest BCUT2D eigenvalue weighted by molar-refractivity contribution is 5.89. The number of carbonyl (C=O) groups is 4. The molecule has 10 nitrogen and oxygen atoms in total. The van der Waals surface area contributed by atoms with E-state index < -0.39 is 36.4 Å². The lowest BCUT2D eigenvalue weighted by molar-refractivity contribution is -0.155. The SMILES string of the molecule is C=CCCCC(=O)OC[C@@H](NC(=O)[C@H](CC=C)CC(=O)NCCOCCO)C(=O)OCc1ccccc1. The zero-order valence-corrected chi connectivity index (χ0v) is 21.2. The molecule has 0 aliphatic rings. The van der Waals surface area contributed by atoms with E-state index in [0.29, 0.717) is 12.8 Å². The van der Waals surface area contributed by atoms with Crippen molar-refractivity contribution in [2.75, 3.05) is 33.0 Å². The van der Waals surface area contributed by atoms with Gasteiger partial charge in [-0.15, -0.1) is 13.2 Å². The van der Waals surface area contributed by atoms with Gasteiger partial charge in [0.1, 0.15) is 13.2 Å². The van der Waals surface area contributed by atoms with E-state index in [1.165, 1.54) is 6.08 Å². The Balaban J connectivity index is 2.76. The summed E-state index contributed by atoms with van der Waals surface area (Å²) in [7, 11) is 0. The summed E-state index contributed by atoms with van der Waals surface area (Å²) in [5.74, 6) is -3.03. The summed E-state index contributed by atoms with van der Waals surface area (Å²) in [6.45, 7) is 7.31. The van der Waals surface area contributed by atoms with Crippen LogP contribution in [-0.2, 0) is 40.0 Å². The molecule has 37 heavy (non-hydrogen) atoms. The zero-order chi connectivity index (χ0) is 27.3. The smallest absolute Gasteiger partial charge is 0.332 e. The van der Waals surface area contributed by atoms with Gasteiger partial charge in [-0.05, 0) is 24.8 Å². The van der Waals surface area contributed by atoms with E-state index in [2.05, 4.69) is 23.8 Å². The summed E-state index contributed by atoms with van der Waals surface area (Å²) in [5.41, 5.74) is 0.756. The number of esters is 2. The van der Waals surface area contributed by atoms with Crippen LogP contribution in [0.3, 0.4) is 0 Å². The van der Waals surface area contributed by atoms with E-state index in [9.17, 15) is 19.2 Å². The molecule has 1 aromatic rings. The zero-order valence-electron chi connectivity index (χ0n) is 21.2. The van der Waals surface area contributed by atoms with E-state index in [1.807, 2.05) is 6.07 Å². The highest BCUT2D eigenvalue weighted by Gasteiger charge is 2.28. The van der Waals surface area contributed by atoms with Crippen LogP contribution in [0.15, 0.2) is 55.6 Å². The predicted molar refractivity (Wildman–Crippen MR) is 137 cm³/mol. The second-order valence-electron chi connectivity index (χ2n) is 8.13. The van der Waals surface area contributed by atoms with Gasteiger partial charge in [0, 0.05) is 19.4 Å². The van der Waals surface area contributed by atoms with Crippen LogP contribution in [0.1, 0.15) is 37.7 Å². The molecular formula is C27H38N2O8. The van der Waals surface area contributed by atoms with Gasteiger partial charge in [-0.25, -0.2) is 4.79 Å². The van der Waals surface area contributed by atoms with Gasteiger partial charge in [-0.2, -0.15) is 0 Å². The molecule has 0 spiro atoms. The molecule has 1 rings (SSSR count). The fraction of sp³-hybridized carbons (Fsp3) is 0.481. The molecule has 0 heterocycles. The summed E-state index contributed by atoms with van der Waals surface area (Å²) >= 11 is 0. The van der Waals surface area contributed by atoms with Crippen LogP contribution in [0.5, 0.6) is 0 Å². The first-order chi connectivity index (χ1) is 17.9. The van der Waals surface area contributed by atoms with Gasteiger partial charge in [0.2, 0.25) is 11.8 Å². The minimum atomic E-state index is -1.25. The number of ether oxygens (including phenoxy) is 3. The van der Waals surface area contributed by atoms with Crippen LogP contribution in [0, 0.1) is 5.92 Å². The Kier molecular flexibility index (Phi) is 16.8. The number of hydrogen-bond acceptors (Lipinski definition) is 8. The van der Waals surface area contributed by atoms with Crippen molar-refractivity contribution in [2.45, 2.75) is 44.8 Å². The molecule has 0 bridgehead atoms. The van der Waals surface area contributed by atoms with Crippen molar-refractivity contribution in [2.24, 2.45) is 5.92 Å².